The molecule has 1 saturated heterocycles. The third-order valence-electron chi connectivity index (χ3n) is 5.58. The van der Waals surface area contributed by atoms with Crippen molar-refractivity contribution in [2.75, 3.05) is 31.1 Å². The number of anilines is 1. The van der Waals surface area contributed by atoms with E-state index in [-0.39, 0.29) is 11.1 Å². The lowest BCUT2D eigenvalue weighted by molar-refractivity contribution is -0.384. The van der Waals surface area contributed by atoms with Crippen LogP contribution in [-0.2, 0) is 6.54 Å². The highest BCUT2D eigenvalue weighted by Crippen LogP contribution is 2.32. The van der Waals surface area contributed by atoms with Gasteiger partial charge in [-0.3, -0.25) is 19.8 Å². The molecule has 33 heavy (non-hydrogen) atoms. The second-order valence-corrected chi connectivity index (χ2v) is 8.07. The minimum Gasteiger partial charge on any atom is -0.363 e. The van der Waals surface area contributed by atoms with Gasteiger partial charge in [-0.05, 0) is 30.3 Å². The summed E-state index contributed by atoms with van der Waals surface area (Å²) in [7, 11) is 0. The summed E-state index contributed by atoms with van der Waals surface area (Å²) in [5.74, 6) is 0.989. The minimum atomic E-state index is -0.468. The van der Waals surface area contributed by atoms with Crippen LogP contribution in [0.4, 0.5) is 11.4 Å². The van der Waals surface area contributed by atoms with Crippen molar-refractivity contribution in [1.29, 1.82) is 0 Å². The normalized spacial score (nSPS) is 14.6. The molecule has 0 saturated carbocycles. The number of hydrogen-bond donors (Lipinski definition) is 1. The maximum Gasteiger partial charge on any atom is 0.293 e. The summed E-state index contributed by atoms with van der Waals surface area (Å²) >= 11 is 5.92. The van der Waals surface area contributed by atoms with Gasteiger partial charge in [-0.25, -0.2) is 4.98 Å². The first-order valence-corrected chi connectivity index (χ1v) is 10.6. The molecule has 0 bridgehead atoms. The standard InChI is InChI=1S/C21H18ClN7O4/c22-14-3-1-13(2-4-14)20-25-19(33-26-20)11-27-5-7-28(8-6-27)17-10-16-15(9-18(17)29(31)32)21(30)24-12-23-16/h1-4,9-10,12H,5-8,11H2,(H,23,24,30). The van der Waals surface area contributed by atoms with Gasteiger partial charge in [0.25, 0.3) is 11.2 Å². The van der Waals surface area contributed by atoms with E-state index in [0.717, 1.165) is 5.56 Å². The van der Waals surface area contributed by atoms with Crippen LogP contribution in [0, 0.1) is 10.1 Å². The summed E-state index contributed by atoms with van der Waals surface area (Å²) < 4.78 is 5.39. The first kappa shape index (κ1) is 21.0. The van der Waals surface area contributed by atoms with Crippen LogP contribution in [0.1, 0.15) is 5.89 Å². The molecule has 4 aromatic rings. The molecule has 1 N–H and O–H groups in total. The van der Waals surface area contributed by atoms with E-state index in [1.54, 1.807) is 18.2 Å². The molecule has 2 aromatic carbocycles. The second kappa shape index (κ2) is 8.60. The molecule has 1 aliphatic heterocycles. The molecule has 11 nitrogen and oxygen atoms in total. The highest BCUT2D eigenvalue weighted by molar-refractivity contribution is 6.30. The first-order valence-electron chi connectivity index (χ1n) is 10.2. The van der Waals surface area contributed by atoms with Crippen molar-refractivity contribution in [3.05, 3.63) is 74.1 Å². The number of nitrogens with zero attached hydrogens (tertiary/aromatic N) is 6. The number of aromatic nitrogens is 4. The van der Waals surface area contributed by atoms with E-state index in [9.17, 15) is 14.9 Å². The fourth-order valence-corrected chi connectivity index (χ4v) is 3.99. The average molecular weight is 468 g/mol. The molecular formula is C21H18ClN7O4. The van der Waals surface area contributed by atoms with Crippen LogP contribution in [0.3, 0.4) is 0 Å². The Bertz CT molecular complexity index is 1380. The van der Waals surface area contributed by atoms with E-state index in [4.69, 9.17) is 16.1 Å². The van der Waals surface area contributed by atoms with Crippen molar-refractivity contribution < 1.29 is 9.45 Å². The van der Waals surface area contributed by atoms with E-state index in [0.29, 0.717) is 60.7 Å². The highest BCUT2D eigenvalue weighted by Gasteiger charge is 2.26. The monoisotopic (exact) mass is 467 g/mol. The zero-order valence-electron chi connectivity index (χ0n) is 17.3. The van der Waals surface area contributed by atoms with Gasteiger partial charge in [-0.2, -0.15) is 4.98 Å². The largest absolute Gasteiger partial charge is 0.363 e. The van der Waals surface area contributed by atoms with Crippen LogP contribution >= 0.6 is 11.6 Å². The van der Waals surface area contributed by atoms with E-state index < -0.39 is 10.5 Å². The molecule has 0 spiro atoms. The Balaban J connectivity index is 1.29. The zero-order chi connectivity index (χ0) is 22.9. The maximum atomic E-state index is 12.0. The van der Waals surface area contributed by atoms with Gasteiger partial charge in [0.2, 0.25) is 11.7 Å². The van der Waals surface area contributed by atoms with Crippen molar-refractivity contribution in [2.45, 2.75) is 6.54 Å². The molecule has 2 aromatic heterocycles. The molecule has 1 aliphatic rings. The maximum absolute atomic E-state index is 12.0. The minimum absolute atomic E-state index is 0.112. The number of nitro groups is 1. The van der Waals surface area contributed by atoms with Crippen molar-refractivity contribution in [1.82, 2.24) is 25.0 Å². The number of benzene rings is 2. The average Bonchev–Trinajstić information content (AvgIpc) is 3.28. The van der Waals surface area contributed by atoms with Crippen molar-refractivity contribution in [2.24, 2.45) is 0 Å². The predicted octanol–water partition coefficient (Wildman–Crippen LogP) is 2.86. The van der Waals surface area contributed by atoms with Gasteiger partial charge in [-0.15, -0.1) is 0 Å². The molecule has 0 atom stereocenters. The Hall–Kier alpha value is -3.83. The summed E-state index contributed by atoms with van der Waals surface area (Å²) in [5, 5.41) is 16.5. The molecule has 1 fully saturated rings. The van der Waals surface area contributed by atoms with Crippen LogP contribution in [0.2, 0.25) is 5.02 Å². The Morgan fingerprint density at radius 1 is 1.15 bits per heavy atom. The van der Waals surface area contributed by atoms with E-state index in [2.05, 4.69) is 25.0 Å². The van der Waals surface area contributed by atoms with E-state index >= 15 is 0 Å². The lowest BCUT2D eigenvalue weighted by Crippen LogP contribution is -2.46. The zero-order valence-corrected chi connectivity index (χ0v) is 18.0. The van der Waals surface area contributed by atoms with Gasteiger partial charge in [0.1, 0.15) is 5.69 Å². The van der Waals surface area contributed by atoms with Gasteiger partial charge < -0.3 is 14.4 Å². The number of hydrogen-bond acceptors (Lipinski definition) is 9. The van der Waals surface area contributed by atoms with Crippen molar-refractivity contribution >= 4 is 33.9 Å². The number of nitro benzene ring substituents is 1. The summed E-state index contributed by atoms with van der Waals surface area (Å²) in [4.78, 5) is 38.3. The lowest BCUT2D eigenvalue weighted by Gasteiger charge is -2.35. The first-order chi connectivity index (χ1) is 16.0. The topological polar surface area (TPSA) is 134 Å². The number of nitrogens with one attached hydrogen (secondary N) is 1. The van der Waals surface area contributed by atoms with Crippen molar-refractivity contribution in [3.63, 3.8) is 0 Å². The van der Waals surface area contributed by atoms with E-state index in [1.165, 1.54) is 12.4 Å². The molecule has 0 aliphatic carbocycles. The molecule has 0 radical (unpaired) electrons. The van der Waals surface area contributed by atoms with Gasteiger partial charge in [0.05, 0.1) is 28.7 Å². The summed E-state index contributed by atoms with van der Waals surface area (Å²) in [6.07, 6.45) is 1.29. The van der Waals surface area contributed by atoms with Crippen molar-refractivity contribution in [3.8, 4) is 11.4 Å². The molecule has 168 valence electrons. The van der Waals surface area contributed by atoms with Crippen LogP contribution in [0.15, 0.2) is 52.0 Å². The Kier molecular flexibility index (Phi) is 5.48. The number of halogens is 1. The number of piperazine rings is 1. The second-order valence-electron chi connectivity index (χ2n) is 7.63. The molecule has 3 heterocycles. The van der Waals surface area contributed by atoms with E-state index in [1.807, 2.05) is 17.0 Å². The van der Waals surface area contributed by atoms with Crippen LogP contribution in [0.25, 0.3) is 22.3 Å². The molecule has 12 heteroatoms. The van der Waals surface area contributed by atoms with Crippen LogP contribution < -0.4 is 10.5 Å². The smallest absolute Gasteiger partial charge is 0.293 e. The van der Waals surface area contributed by atoms with Gasteiger partial charge in [0, 0.05) is 42.8 Å². The molecule has 0 amide bonds. The molecule has 0 unspecified atom stereocenters. The number of H-pyrrole nitrogens is 1. The van der Waals surface area contributed by atoms with Gasteiger partial charge in [0.15, 0.2) is 0 Å². The Morgan fingerprint density at radius 2 is 1.91 bits per heavy atom. The fraction of sp³-hybridized carbons (Fsp3) is 0.238. The SMILES string of the molecule is O=c1[nH]cnc2cc(N3CCN(Cc4nc(-c5ccc(Cl)cc5)no4)CC3)c([N+](=O)[O-])cc12. The van der Waals surface area contributed by atoms with Crippen LogP contribution in [-0.4, -0.2) is 56.1 Å². The van der Waals surface area contributed by atoms with Crippen LogP contribution in [0.5, 0.6) is 0 Å². The fourth-order valence-electron chi connectivity index (χ4n) is 3.87. The third kappa shape index (κ3) is 4.28. The van der Waals surface area contributed by atoms with Gasteiger partial charge >= 0.3 is 0 Å². The lowest BCUT2D eigenvalue weighted by atomic mass is 10.1. The summed E-state index contributed by atoms with van der Waals surface area (Å²) in [5.41, 5.74) is 1.17. The highest BCUT2D eigenvalue weighted by atomic mass is 35.5. The quantitative estimate of drug-likeness (QED) is 0.347. The third-order valence-corrected chi connectivity index (χ3v) is 5.83. The number of fused-ring (bicyclic) bond motifs is 1. The Morgan fingerprint density at radius 3 is 2.64 bits per heavy atom. The molecule has 5 rings (SSSR count). The molecular weight excluding hydrogens is 450 g/mol. The predicted molar refractivity (Wildman–Crippen MR) is 121 cm³/mol. The number of rotatable bonds is 5. The Labute approximate surface area is 191 Å². The summed E-state index contributed by atoms with van der Waals surface area (Å²) in [6, 6.07) is 10.1. The summed E-state index contributed by atoms with van der Waals surface area (Å²) in [6.45, 7) is 2.90. The number of aromatic amines is 1. The van der Waals surface area contributed by atoms with Gasteiger partial charge in [-0.1, -0.05) is 16.8 Å².